The lowest BCUT2D eigenvalue weighted by Crippen LogP contribution is -2.38. The second-order valence-electron chi connectivity index (χ2n) is 6.46. The number of hydrogen-bond acceptors (Lipinski definition) is 3. The van der Waals surface area contributed by atoms with E-state index in [0.29, 0.717) is 5.69 Å². The van der Waals surface area contributed by atoms with Crippen molar-refractivity contribution < 1.29 is 9.59 Å². The van der Waals surface area contributed by atoms with E-state index in [2.05, 4.69) is 26.1 Å². The standard InChI is InChI=1S/C19H23BrN4O2/c1-2-23-12-14(20)11-17(23)19(26)22-15-5-3-4-6-16(15)24-9-7-13(8-10-24)18(21)25/h3-6,11-13H,2,7-10H2,1H3,(H2,21,25)(H,22,26). The zero-order chi connectivity index (χ0) is 18.7. The number of primary amides is 1. The number of para-hydroxylation sites is 2. The zero-order valence-electron chi connectivity index (χ0n) is 14.7. The summed E-state index contributed by atoms with van der Waals surface area (Å²) in [7, 11) is 0. The molecule has 6 nitrogen and oxygen atoms in total. The molecule has 0 spiro atoms. The minimum absolute atomic E-state index is 0.0572. The molecule has 1 aromatic carbocycles. The Morgan fingerprint density at radius 2 is 1.96 bits per heavy atom. The van der Waals surface area contributed by atoms with Crippen LogP contribution in [0.15, 0.2) is 41.0 Å². The van der Waals surface area contributed by atoms with E-state index in [1.54, 1.807) is 0 Å². The van der Waals surface area contributed by atoms with Gasteiger partial charge >= 0.3 is 0 Å². The summed E-state index contributed by atoms with van der Waals surface area (Å²) in [5.41, 5.74) is 7.78. The molecule has 3 rings (SSSR count). The van der Waals surface area contributed by atoms with Crippen molar-refractivity contribution in [2.24, 2.45) is 11.7 Å². The van der Waals surface area contributed by atoms with Gasteiger partial charge in [-0.3, -0.25) is 9.59 Å². The number of aryl methyl sites for hydroxylation is 1. The molecule has 2 heterocycles. The summed E-state index contributed by atoms with van der Waals surface area (Å²) in [6, 6.07) is 9.58. The van der Waals surface area contributed by atoms with E-state index < -0.39 is 0 Å². The lowest BCUT2D eigenvalue weighted by molar-refractivity contribution is -0.122. The number of piperidine rings is 1. The summed E-state index contributed by atoms with van der Waals surface area (Å²) in [6.07, 6.45) is 3.38. The van der Waals surface area contributed by atoms with E-state index in [1.165, 1.54) is 0 Å². The third kappa shape index (κ3) is 3.93. The van der Waals surface area contributed by atoms with Crippen molar-refractivity contribution in [3.05, 3.63) is 46.7 Å². The topological polar surface area (TPSA) is 80.4 Å². The Morgan fingerprint density at radius 1 is 1.27 bits per heavy atom. The van der Waals surface area contributed by atoms with Gasteiger partial charge in [0.2, 0.25) is 5.91 Å². The summed E-state index contributed by atoms with van der Waals surface area (Å²) >= 11 is 3.43. The number of nitrogens with one attached hydrogen (secondary N) is 1. The molecule has 7 heteroatoms. The number of nitrogens with two attached hydrogens (primary N) is 1. The third-order valence-corrected chi connectivity index (χ3v) is 5.26. The van der Waals surface area contributed by atoms with Crippen LogP contribution in [0, 0.1) is 5.92 Å². The van der Waals surface area contributed by atoms with Gasteiger partial charge in [-0.05, 0) is 53.9 Å². The van der Waals surface area contributed by atoms with Crippen LogP contribution < -0.4 is 16.0 Å². The average Bonchev–Trinajstić information content (AvgIpc) is 3.03. The van der Waals surface area contributed by atoms with Gasteiger partial charge in [-0.25, -0.2) is 0 Å². The summed E-state index contributed by atoms with van der Waals surface area (Å²) in [4.78, 5) is 26.3. The maximum atomic E-state index is 12.8. The molecular weight excluding hydrogens is 396 g/mol. The normalized spacial score (nSPS) is 15.1. The first-order chi connectivity index (χ1) is 12.5. The number of benzene rings is 1. The van der Waals surface area contributed by atoms with Crippen molar-refractivity contribution in [3.63, 3.8) is 0 Å². The number of hydrogen-bond donors (Lipinski definition) is 2. The molecule has 26 heavy (non-hydrogen) atoms. The van der Waals surface area contributed by atoms with Crippen molar-refractivity contribution in [2.45, 2.75) is 26.3 Å². The molecule has 2 amide bonds. The van der Waals surface area contributed by atoms with Crippen LogP contribution in [0.1, 0.15) is 30.3 Å². The van der Waals surface area contributed by atoms with Gasteiger partial charge in [0.05, 0.1) is 11.4 Å². The minimum Gasteiger partial charge on any atom is -0.370 e. The lowest BCUT2D eigenvalue weighted by Gasteiger charge is -2.33. The van der Waals surface area contributed by atoms with Gasteiger partial charge in [-0.1, -0.05) is 12.1 Å². The summed E-state index contributed by atoms with van der Waals surface area (Å²) in [6.45, 7) is 4.21. The van der Waals surface area contributed by atoms with E-state index in [1.807, 2.05) is 48.0 Å². The summed E-state index contributed by atoms with van der Waals surface area (Å²) in [5, 5.41) is 3.03. The Labute approximate surface area is 161 Å². The van der Waals surface area contributed by atoms with Crippen LogP contribution in [0.4, 0.5) is 11.4 Å². The molecule has 1 saturated heterocycles. The second-order valence-corrected chi connectivity index (χ2v) is 7.38. The van der Waals surface area contributed by atoms with Gasteiger partial charge in [0, 0.05) is 36.2 Å². The summed E-state index contributed by atoms with van der Waals surface area (Å²) < 4.78 is 2.78. The number of carbonyl (C=O) groups is 2. The Balaban J connectivity index is 1.77. The van der Waals surface area contributed by atoms with Gasteiger partial charge in [0.25, 0.3) is 5.91 Å². The van der Waals surface area contributed by atoms with E-state index in [9.17, 15) is 9.59 Å². The fraction of sp³-hybridized carbons (Fsp3) is 0.368. The smallest absolute Gasteiger partial charge is 0.272 e. The largest absolute Gasteiger partial charge is 0.370 e. The highest BCUT2D eigenvalue weighted by atomic mass is 79.9. The molecular formula is C19H23BrN4O2. The van der Waals surface area contributed by atoms with Crippen LogP contribution in [0.5, 0.6) is 0 Å². The fourth-order valence-corrected chi connectivity index (χ4v) is 3.84. The molecule has 0 bridgehead atoms. The molecule has 0 saturated carbocycles. The lowest BCUT2D eigenvalue weighted by atomic mass is 9.96. The molecule has 0 aliphatic carbocycles. The molecule has 1 aliphatic heterocycles. The minimum atomic E-state index is -0.225. The van der Waals surface area contributed by atoms with Crippen molar-refractivity contribution in [3.8, 4) is 0 Å². The van der Waals surface area contributed by atoms with Crippen LogP contribution >= 0.6 is 15.9 Å². The molecule has 138 valence electrons. The molecule has 1 aromatic heterocycles. The van der Waals surface area contributed by atoms with Crippen LogP contribution in [0.3, 0.4) is 0 Å². The van der Waals surface area contributed by atoms with Crippen LogP contribution in [0.2, 0.25) is 0 Å². The Kier molecular flexibility index (Phi) is 5.66. The Hall–Kier alpha value is -2.28. The molecule has 0 atom stereocenters. The van der Waals surface area contributed by atoms with Crippen molar-refractivity contribution in [2.75, 3.05) is 23.3 Å². The van der Waals surface area contributed by atoms with Gasteiger partial charge in [0.1, 0.15) is 5.69 Å². The SMILES string of the molecule is CCn1cc(Br)cc1C(=O)Nc1ccccc1N1CCC(C(N)=O)CC1. The number of amides is 2. The Morgan fingerprint density at radius 3 is 2.62 bits per heavy atom. The molecule has 1 aliphatic rings. The van der Waals surface area contributed by atoms with E-state index >= 15 is 0 Å². The number of nitrogens with zero attached hydrogens (tertiary/aromatic N) is 2. The van der Waals surface area contributed by atoms with Crippen molar-refractivity contribution >= 4 is 39.1 Å². The fourth-order valence-electron chi connectivity index (χ4n) is 3.37. The first-order valence-electron chi connectivity index (χ1n) is 8.80. The maximum absolute atomic E-state index is 12.8. The predicted octanol–water partition coefficient (Wildman–Crippen LogP) is 3.22. The number of rotatable bonds is 5. The molecule has 2 aromatic rings. The van der Waals surface area contributed by atoms with Gasteiger partial charge in [0.15, 0.2) is 0 Å². The van der Waals surface area contributed by atoms with Crippen LogP contribution in [-0.4, -0.2) is 29.5 Å². The van der Waals surface area contributed by atoms with Gasteiger partial charge in [-0.15, -0.1) is 0 Å². The third-order valence-electron chi connectivity index (χ3n) is 4.83. The number of aromatic nitrogens is 1. The van der Waals surface area contributed by atoms with Crippen LogP contribution in [-0.2, 0) is 11.3 Å². The number of carbonyl (C=O) groups excluding carboxylic acids is 2. The number of halogens is 1. The van der Waals surface area contributed by atoms with Gasteiger partial charge in [-0.2, -0.15) is 0 Å². The summed E-state index contributed by atoms with van der Waals surface area (Å²) in [5.74, 6) is -0.424. The quantitative estimate of drug-likeness (QED) is 0.781. The zero-order valence-corrected chi connectivity index (χ0v) is 16.3. The van der Waals surface area contributed by atoms with E-state index in [0.717, 1.165) is 48.3 Å². The molecule has 0 unspecified atom stereocenters. The van der Waals surface area contributed by atoms with Gasteiger partial charge < -0.3 is 20.5 Å². The molecule has 3 N–H and O–H groups in total. The number of anilines is 2. The van der Waals surface area contributed by atoms with E-state index in [-0.39, 0.29) is 17.7 Å². The van der Waals surface area contributed by atoms with Crippen molar-refractivity contribution in [1.82, 2.24) is 4.57 Å². The highest BCUT2D eigenvalue weighted by molar-refractivity contribution is 9.10. The average molecular weight is 419 g/mol. The molecule has 1 fully saturated rings. The second kappa shape index (κ2) is 7.95. The highest BCUT2D eigenvalue weighted by Crippen LogP contribution is 2.30. The first kappa shape index (κ1) is 18.5. The monoisotopic (exact) mass is 418 g/mol. The first-order valence-corrected chi connectivity index (χ1v) is 9.59. The van der Waals surface area contributed by atoms with E-state index in [4.69, 9.17) is 5.73 Å². The van der Waals surface area contributed by atoms with Crippen molar-refractivity contribution in [1.29, 1.82) is 0 Å². The Bertz CT molecular complexity index is 810. The predicted molar refractivity (Wildman–Crippen MR) is 106 cm³/mol. The highest BCUT2D eigenvalue weighted by Gasteiger charge is 2.25. The maximum Gasteiger partial charge on any atom is 0.272 e. The molecule has 0 radical (unpaired) electrons. The van der Waals surface area contributed by atoms with Crippen LogP contribution in [0.25, 0.3) is 0 Å².